The number of hydrogen-bond acceptors (Lipinski definition) is 15. The molecule has 73 heavy (non-hydrogen) atoms. The molecule has 6 N–H and O–H groups in total. The summed E-state index contributed by atoms with van der Waals surface area (Å²) >= 11 is 0. The van der Waals surface area contributed by atoms with E-state index in [1.165, 1.54) is 52.4 Å². The van der Waals surface area contributed by atoms with Crippen LogP contribution in [-0.2, 0) is 19.0 Å². The van der Waals surface area contributed by atoms with E-state index in [0.717, 1.165) is 32.5 Å². The number of piperidine rings is 2. The smallest absolute Gasteiger partial charge is 0.407 e. The van der Waals surface area contributed by atoms with E-state index in [9.17, 15) is 34.8 Å². The molecule has 1 spiro atoms. The van der Waals surface area contributed by atoms with Crippen molar-refractivity contribution < 1.29 is 53.8 Å². The Labute approximate surface area is 429 Å². The van der Waals surface area contributed by atoms with Crippen LogP contribution in [0.4, 0.5) is 10.5 Å². The number of likely N-dealkylation sites (tertiary alicyclic amines) is 2. The van der Waals surface area contributed by atoms with E-state index >= 15 is 0 Å². The number of alkyl carbamates (subject to hydrolysis) is 1. The average Bonchev–Trinajstić information content (AvgIpc) is 3.87. The number of amides is 2. The van der Waals surface area contributed by atoms with Gasteiger partial charge in [-0.25, -0.2) is 4.79 Å². The van der Waals surface area contributed by atoms with Crippen molar-refractivity contribution in [2.24, 2.45) is 39.6 Å². The lowest BCUT2D eigenvalue weighted by Crippen LogP contribution is -2.51. The minimum absolute atomic E-state index is 0.0403. The van der Waals surface area contributed by atoms with Crippen LogP contribution in [0.2, 0.25) is 0 Å². The Morgan fingerprint density at radius 2 is 1.56 bits per heavy atom. The molecular formula is C56H80N6O11. The maximum absolute atomic E-state index is 15.0. The van der Waals surface area contributed by atoms with Gasteiger partial charge in [0.05, 0.1) is 40.9 Å². The highest BCUT2D eigenvalue weighted by atomic mass is 16.7. The van der Waals surface area contributed by atoms with E-state index in [1.54, 1.807) is 52.0 Å². The predicted molar refractivity (Wildman–Crippen MR) is 277 cm³/mol. The lowest BCUT2D eigenvalue weighted by Gasteiger charge is -2.40. The van der Waals surface area contributed by atoms with Gasteiger partial charge in [0, 0.05) is 112 Å². The number of ether oxygens (including phenoxy) is 4. The third-order valence-electron chi connectivity index (χ3n) is 16.8. The Hall–Kier alpha value is -5.07. The first-order valence-corrected chi connectivity index (χ1v) is 26.8. The summed E-state index contributed by atoms with van der Waals surface area (Å²) in [5.74, 6) is -6.02. The Balaban J connectivity index is 1.16. The fourth-order valence-electron chi connectivity index (χ4n) is 12.2. The number of fused-ring (bicyclic) bond motifs is 13. The van der Waals surface area contributed by atoms with Crippen LogP contribution in [0.5, 0.6) is 17.2 Å². The van der Waals surface area contributed by atoms with Crippen LogP contribution in [0, 0.1) is 36.5 Å². The largest absolute Gasteiger partial charge is 0.507 e. The van der Waals surface area contributed by atoms with Gasteiger partial charge in [-0.2, -0.15) is 0 Å². The lowest BCUT2D eigenvalue weighted by molar-refractivity contribution is -0.112. The molecule has 400 valence electrons. The Kier molecular flexibility index (Phi) is 16.4. The number of rotatable bonds is 6. The summed E-state index contributed by atoms with van der Waals surface area (Å²) in [6, 6.07) is 0.516. The van der Waals surface area contributed by atoms with Gasteiger partial charge in [-0.3, -0.25) is 19.6 Å². The Bertz CT molecular complexity index is 2630. The van der Waals surface area contributed by atoms with E-state index in [4.69, 9.17) is 28.9 Å². The number of aliphatic hydroxyl groups excluding tert-OH is 2. The zero-order valence-corrected chi connectivity index (χ0v) is 44.6. The number of anilines is 1. The number of phenols is 2. The number of allylic oxidation sites excluding steroid dienone is 2. The zero-order valence-electron chi connectivity index (χ0n) is 44.6. The number of Topliss-reactive ketones (excluding diaryl/α,β-unsaturated/α-hetero) is 1. The number of carbonyl (C=O) groups is 3. The quantitative estimate of drug-likeness (QED) is 0.166. The van der Waals surface area contributed by atoms with E-state index in [-0.39, 0.29) is 61.4 Å². The van der Waals surface area contributed by atoms with Crippen molar-refractivity contribution in [2.75, 3.05) is 45.2 Å². The average molecular weight is 1010 g/mol. The van der Waals surface area contributed by atoms with Gasteiger partial charge in [0.15, 0.2) is 11.4 Å². The minimum atomic E-state index is -1.98. The molecule has 2 aromatic rings. The van der Waals surface area contributed by atoms with Crippen molar-refractivity contribution in [3.63, 3.8) is 0 Å². The molecule has 3 fully saturated rings. The SMILES string of the molecule is CO[C@H]1/C=C/O[C@@]2(C)Oc3c(C)c(O)c4c(O)c(c5c(c4c3C2=O)=NC2(CCN(CC(C)C)CC2)N=5)NC(=O)/C(C)=C\C=C\[C@H](C)[C@H](O)[C@@H](C)[C@@H](O)[C@@H](C)[C@H](OC(=O)NC2CCN(C3CCCCC3)CC2)[C@@H]1C. The Morgan fingerprint density at radius 1 is 0.890 bits per heavy atom. The highest BCUT2D eigenvalue weighted by Gasteiger charge is 2.50. The number of carbonyl (C=O) groups excluding carboxylic acids is 3. The second-order valence-corrected chi connectivity index (χ2v) is 22.5. The van der Waals surface area contributed by atoms with E-state index in [2.05, 4.69) is 34.3 Å². The molecule has 6 heterocycles. The van der Waals surface area contributed by atoms with E-state index in [1.807, 2.05) is 13.8 Å². The third-order valence-corrected chi connectivity index (χ3v) is 16.8. The van der Waals surface area contributed by atoms with Crippen molar-refractivity contribution in [1.29, 1.82) is 0 Å². The van der Waals surface area contributed by atoms with Crippen molar-refractivity contribution in [2.45, 2.75) is 168 Å². The van der Waals surface area contributed by atoms with Gasteiger partial charge in [-0.15, -0.1) is 0 Å². The van der Waals surface area contributed by atoms with E-state index in [0.29, 0.717) is 37.9 Å². The van der Waals surface area contributed by atoms with Crippen molar-refractivity contribution in [3.05, 3.63) is 58.0 Å². The summed E-state index contributed by atoms with van der Waals surface area (Å²) in [5.41, 5.74) is -0.568. The lowest BCUT2D eigenvalue weighted by atomic mass is 9.78. The number of ketones is 1. The number of aromatic hydroxyl groups is 2. The molecule has 17 heteroatoms. The minimum Gasteiger partial charge on any atom is -0.507 e. The normalized spacial score (nSPS) is 32.5. The molecule has 0 unspecified atom stereocenters. The van der Waals surface area contributed by atoms with Crippen LogP contribution >= 0.6 is 0 Å². The first kappa shape index (κ1) is 54.2. The highest BCUT2D eigenvalue weighted by molar-refractivity contribution is 6.19. The van der Waals surface area contributed by atoms with Crippen LogP contribution in [0.15, 0.2) is 46.1 Å². The maximum Gasteiger partial charge on any atom is 0.407 e. The second kappa shape index (κ2) is 22.0. The molecule has 9 atom stereocenters. The molecule has 2 aromatic carbocycles. The Morgan fingerprint density at radius 3 is 2.22 bits per heavy atom. The van der Waals surface area contributed by atoms with Gasteiger partial charge >= 0.3 is 11.9 Å². The molecule has 2 amide bonds. The molecule has 1 saturated carbocycles. The fourth-order valence-corrected chi connectivity index (χ4v) is 12.2. The molecule has 0 radical (unpaired) electrons. The van der Waals surface area contributed by atoms with Crippen molar-refractivity contribution in [1.82, 2.24) is 15.1 Å². The summed E-state index contributed by atoms with van der Waals surface area (Å²) in [6.07, 6.45) is 12.2. The van der Waals surface area contributed by atoms with Crippen LogP contribution in [-0.4, -0.2) is 136 Å². The number of phenolic OH excluding ortho intramolecular Hbond substituents is 2. The highest BCUT2D eigenvalue weighted by Crippen LogP contribution is 2.50. The first-order chi connectivity index (χ1) is 34.7. The summed E-state index contributed by atoms with van der Waals surface area (Å²) in [5, 5.41) is 54.4. The molecule has 5 bridgehead atoms. The van der Waals surface area contributed by atoms with Gasteiger partial charge in [-0.05, 0) is 51.5 Å². The molecule has 0 aromatic heterocycles. The summed E-state index contributed by atoms with van der Waals surface area (Å²) in [4.78, 5) is 58.3. The van der Waals surface area contributed by atoms with E-state index < -0.39 is 83.1 Å². The first-order valence-electron chi connectivity index (χ1n) is 26.8. The molecular weight excluding hydrogens is 933 g/mol. The number of benzene rings is 2. The summed E-state index contributed by atoms with van der Waals surface area (Å²) < 4.78 is 24.9. The van der Waals surface area contributed by atoms with Gasteiger partial charge in [0.25, 0.3) is 11.7 Å². The molecule has 17 nitrogen and oxygen atoms in total. The zero-order chi connectivity index (χ0) is 52.7. The molecule has 2 saturated heterocycles. The van der Waals surface area contributed by atoms with Gasteiger partial charge < -0.3 is 59.8 Å². The monoisotopic (exact) mass is 1010 g/mol. The number of aliphatic hydroxyl groups is 2. The maximum atomic E-state index is 15.0. The van der Waals surface area contributed by atoms with Gasteiger partial charge in [-0.1, -0.05) is 79.0 Å². The number of nitrogens with one attached hydrogen (secondary N) is 2. The van der Waals surface area contributed by atoms with Crippen molar-refractivity contribution in [3.8, 4) is 17.2 Å². The van der Waals surface area contributed by atoms with Crippen LogP contribution in [0.3, 0.4) is 0 Å². The number of hydrogen-bond donors (Lipinski definition) is 6. The topological polar surface area (TPSA) is 224 Å². The number of methoxy groups -OCH3 is 1. The standard InChI is InChI=1S/C56H80N6O11/c1-30(2)29-61-26-22-56(23-27-61)59-43-40-41-48(65)36(8)51-42(40)52(67)55(9,73-51)71-28-21-39(70-10)33(5)50(72-54(69)57-37-19-24-62(25-20-37)38-17-12-11-13-18-38)35(7)47(64)34(6)46(63)31(3)15-14-16-32(4)53(68)58-45(49(41)66)44(43)60-56/h14-16,21,28,30-31,33-35,37-39,46-47,50,63-66H,11-13,17-20,22-27,29H2,1-10H3,(H,57,69)(H,58,68)/b15-14+,28-21+,32-16-/t31-,33+,34+,35+,39-,46-,47+,50+,55-/m0/s1. The fraction of sp³-hybridized carbons (Fsp3) is 0.661. The number of nitrogens with zero attached hydrogens (tertiary/aromatic N) is 4. The van der Waals surface area contributed by atoms with Crippen LogP contribution in [0.25, 0.3) is 10.8 Å². The second-order valence-electron chi connectivity index (χ2n) is 22.5. The van der Waals surface area contributed by atoms with Crippen molar-refractivity contribution >= 4 is 34.2 Å². The molecule has 6 aliphatic heterocycles. The van der Waals surface area contributed by atoms with Gasteiger partial charge in [0.2, 0.25) is 0 Å². The predicted octanol–water partition coefficient (Wildman–Crippen LogP) is 6.71. The van der Waals surface area contributed by atoms with Crippen LogP contribution in [0.1, 0.15) is 129 Å². The summed E-state index contributed by atoms with van der Waals surface area (Å²) in [7, 11) is 1.50. The molecule has 9 rings (SSSR count). The third kappa shape index (κ3) is 10.9. The van der Waals surface area contributed by atoms with Crippen LogP contribution < -0.4 is 26.1 Å². The van der Waals surface area contributed by atoms with Gasteiger partial charge in [0.1, 0.15) is 28.6 Å². The summed E-state index contributed by atoms with van der Waals surface area (Å²) in [6.45, 7) is 20.3. The molecule has 7 aliphatic rings. The molecule has 1 aliphatic carbocycles.